The molecule has 1 amide bonds. The van der Waals surface area contributed by atoms with Gasteiger partial charge in [-0.2, -0.15) is 0 Å². The van der Waals surface area contributed by atoms with Crippen LogP contribution in [0.5, 0.6) is 17.2 Å². The van der Waals surface area contributed by atoms with Crippen LogP contribution in [0.25, 0.3) is 0 Å². The van der Waals surface area contributed by atoms with E-state index in [0.717, 1.165) is 5.56 Å². The quantitative estimate of drug-likeness (QED) is 0.687. The average molecular weight is 366 g/mol. The van der Waals surface area contributed by atoms with Gasteiger partial charge < -0.3 is 14.2 Å². The standard InChI is InChI=1S/C19H18N4O4/c1-25-16-10-14(18(24)23-19-21-6-3-7-22-19)15(11-17(16)26-2)27-12-13-4-8-20-9-5-13/h3-11H,12H2,1-2H3,(H,21,22,23,24). The number of carbonyl (C=O) groups excluding carboxylic acids is 1. The SMILES string of the molecule is COc1cc(OCc2ccncc2)c(C(=O)Nc2ncccn2)cc1OC. The normalized spacial score (nSPS) is 10.1. The third kappa shape index (κ3) is 4.49. The Hall–Kier alpha value is -3.68. The number of methoxy groups -OCH3 is 2. The molecule has 8 nitrogen and oxygen atoms in total. The maximum absolute atomic E-state index is 12.7. The van der Waals surface area contributed by atoms with Crippen LogP contribution in [0.3, 0.4) is 0 Å². The Kier molecular flexibility index (Phi) is 5.78. The van der Waals surface area contributed by atoms with Crippen molar-refractivity contribution in [3.8, 4) is 17.2 Å². The van der Waals surface area contributed by atoms with Crippen LogP contribution in [0.15, 0.2) is 55.1 Å². The van der Waals surface area contributed by atoms with Crippen LogP contribution in [0.2, 0.25) is 0 Å². The minimum Gasteiger partial charge on any atom is -0.493 e. The smallest absolute Gasteiger partial charge is 0.261 e. The lowest BCUT2D eigenvalue weighted by Crippen LogP contribution is -2.16. The van der Waals surface area contributed by atoms with Gasteiger partial charge in [-0.05, 0) is 23.8 Å². The molecule has 0 radical (unpaired) electrons. The third-order valence-electron chi connectivity index (χ3n) is 3.67. The van der Waals surface area contributed by atoms with E-state index >= 15 is 0 Å². The lowest BCUT2D eigenvalue weighted by Gasteiger charge is -2.15. The molecule has 2 heterocycles. The van der Waals surface area contributed by atoms with Crippen LogP contribution < -0.4 is 19.5 Å². The number of hydrogen-bond acceptors (Lipinski definition) is 7. The molecule has 0 bridgehead atoms. The van der Waals surface area contributed by atoms with Gasteiger partial charge >= 0.3 is 0 Å². The molecule has 3 rings (SSSR count). The lowest BCUT2D eigenvalue weighted by molar-refractivity contribution is 0.102. The Morgan fingerprint density at radius 3 is 2.30 bits per heavy atom. The van der Waals surface area contributed by atoms with Crippen molar-refractivity contribution in [1.29, 1.82) is 0 Å². The Morgan fingerprint density at radius 1 is 0.963 bits per heavy atom. The van der Waals surface area contributed by atoms with Crippen molar-refractivity contribution < 1.29 is 19.0 Å². The Morgan fingerprint density at radius 2 is 1.63 bits per heavy atom. The summed E-state index contributed by atoms with van der Waals surface area (Å²) in [6.07, 6.45) is 6.43. The van der Waals surface area contributed by atoms with E-state index in [1.807, 2.05) is 12.1 Å². The fourth-order valence-electron chi connectivity index (χ4n) is 2.33. The number of anilines is 1. The largest absolute Gasteiger partial charge is 0.493 e. The average Bonchev–Trinajstić information content (AvgIpc) is 2.73. The highest BCUT2D eigenvalue weighted by molar-refractivity contribution is 6.05. The molecule has 0 aliphatic carbocycles. The molecule has 1 N–H and O–H groups in total. The topological polar surface area (TPSA) is 95.5 Å². The minimum absolute atomic E-state index is 0.192. The zero-order valence-corrected chi connectivity index (χ0v) is 14.9. The van der Waals surface area contributed by atoms with Gasteiger partial charge in [0.05, 0.1) is 19.8 Å². The van der Waals surface area contributed by atoms with E-state index in [9.17, 15) is 4.79 Å². The molecule has 2 aromatic heterocycles. The number of benzene rings is 1. The van der Waals surface area contributed by atoms with Crippen molar-refractivity contribution in [3.63, 3.8) is 0 Å². The molecule has 27 heavy (non-hydrogen) atoms. The van der Waals surface area contributed by atoms with Gasteiger partial charge in [0.1, 0.15) is 12.4 Å². The maximum atomic E-state index is 12.7. The van der Waals surface area contributed by atoms with Crippen LogP contribution in [0.4, 0.5) is 5.95 Å². The van der Waals surface area contributed by atoms with Gasteiger partial charge in [0.2, 0.25) is 5.95 Å². The number of carbonyl (C=O) groups is 1. The molecule has 3 aromatic rings. The molecule has 1 aromatic carbocycles. The first kappa shape index (κ1) is 18.1. The summed E-state index contributed by atoms with van der Waals surface area (Å²) in [6, 6.07) is 8.49. The van der Waals surface area contributed by atoms with Gasteiger partial charge in [0.15, 0.2) is 11.5 Å². The summed E-state index contributed by atoms with van der Waals surface area (Å²) < 4.78 is 16.5. The minimum atomic E-state index is -0.424. The van der Waals surface area contributed by atoms with Crippen molar-refractivity contribution in [2.75, 3.05) is 19.5 Å². The summed E-state index contributed by atoms with van der Waals surface area (Å²) >= 11 is 0. The number of rotatable bonds is 7. The number of nitrogens with one attached hydrogen (secondary N) is 1. The van der Waals surface area contributed by atoms with E-state index in [2.05, 4.69) is 20.3 Å². The zero-order valence-electron chi connectivity index (χ0n) is 14.9. The van der Waals surface area contributed by atoms with Gasteiger partial charge in [-0.25, -0.2) is 9.97 Å². The van der Waals surface area contributed by atoms with Crippen LogP contribution >= 0.6 is 0 Å². The summed E-state index contributed by atoms with van der Waals surface area (Å²) in [5.41, 5.74) is 1.19. The molecule has 0 saturated heterocycles. The van der Waals surface area contributed by atoms with Gasteiger partial charge in [0.25, 0.3) is 5.91 Å². The fraction of sp³-hybridized carbons (Fsp3) is 0.158. The first-order valence-corrected chi connectivity index (χ1v) is 8.07. The molecule has 0 unspecified atom stereocenters. The van der Waals surface area contributed by atoms with Crippen LogP contribution in [0.1, 0.15) is 15.9 Å². The molecular formula is C19H18N4O4. The summed E-state index contributed by atoms with van der Waals surface area (Å²) in [5, 5.41) is 2.64. The molecule has 0 spiro atoms. The zero-order chi connectivity index (χ0) is 19.1. The highest BCUT2D eigenvalue weighted by atomic mass is 16.5. The predicted octanol–water partition coefficient (Wildman–Crippen LogP) is 2.72. The first-order valence-electron chi connectivity index (χ1n) is 8.07. The molecular weight excluding hydrogens is 348 g/mol. The van der Waals surface area contributed by atoms with Crippen molar-refractivity contribution in [3.05, 3.63) is 66.2 Å². The number of ether oxygens (including phenoxy) is 3. The monoisotopic (exact) mass is 366 g/mol. The van der Waals surface area contributed by atoms with Gasteiger partial charge in [0, 0.05) is 36.9 Å². The second-order valence-corrected chi connectivity index (χ2v) is 5.37. The second-order valence-electron chi connectivity index (χ2n) is 5.37. The predicted molar refractivity (Wildman–Crippen MR) is 98.1 cm³/mol. The van der Waals surface area contributed by atoms with E-state index in [4.69, 9.17) is 14.2 Å². The maximum Gasteiger partial charge on any atom is 0.261 e. The highest BCUT2D eigenvalue weighted by Gasteiger charge is 2.19. The van der Waals surface area contributed by atoms with Crippen LogP contribution in [0, 0.1) is 0 Å². The molecule has 0 aliphatic rings. The van der Waals surface area contributed by atoms with E-state index in [0.29, 0.717) is 17.2 Å². The van der Waals surface area contributed by atoms with Crippen molar-refractivity contribution >= 4 is 11.9 Å². The number of amides is 1. The Balaban J connectivity index is 1.90. The summed E-state index contributed by atoms with van der Waals surface area (Å²) in [7, 11) is 3.01. The first-order chi connectivity index (χ1) is 13.2. The second kappa shape index (κ2) is 8.61. The summed E-state index contributed by atoms with van der Waals surface area (Å²) in [5.74, 6) is 0.977. The molecule has 0 saturated carbocycles. The van der Waals surface area contributed by atoms with E-state index < -0.39 is 5.91 Å². The number of hydrogen-bond donors (Lipinski definition) is 1. The molecule has 0 aliphatic heterocycles. The lowest BCUT2D eigenvalue weighted by atomic mass is 10.1. The molecule has 138 valence electrons. The fourth-order valence-corrected chi connectivity index (χ4v) is 2.33. The number of pyridine rings is 1. The van der Waals surface area contributed by atoms with E-state index in [-0.39, 0.29) is 18.1 Å². The highest BCUT2D eigenvalue weighted by Crippen LogP contribution is 2.35. The molecule has 8 heteroatoms. The van der Waals surface area contributed by atoms with Crippen LogP contribution in [-0.4, -0.2) is 35.1 Å². The molecule has 0 atom stereocenters. The van der Waals surface area contributed by atoms with E-state index in [1.165, 1.54) is 26.6 Å². The summed E-state index contributed by atoms with van der Waals surface area (Å²) in [4.78, 5) is 24.7. The van der Waals surface area contributed by atoms with Gasteiger partial charge in [-0.1, -0.05) is 0 Å². The van der Waals surface area contributed by atoms with Gasteiger partial charge in [-0.15, -0.1) is 0 Å². The van der Waals surface area contributed by atoms with Crippen LogP contribution in [-0.2, 0) is 6.61 Å². The van der Waals surface area contributed by atoms with Gasteiger partial charge in [-0.3, -0.25) is 15.1 Å². The summed E-state index contributed by atoms with van der Waals surface area (Å²) in [6.45, 7) is 0.264. The number of aromatic nitrogens is 3. The number of nitrogens with zero attached hydrogens (tertiary/aromatic N) is 3. The Labute approximate surface area is 156 Å². The van der Waals surface area contributed by atoms with Crippen molar-refractivity contribution in [2.24, 2.45) is 0 Å². The third-order valence-corrected chi connectivity index (χ3v) is 3.67. The molecule has 0 fully saturated rings. The van der Waals surface area contributed by atoms with Crippen molar-refractivity contribution in [1.82, 2.24) is 15.0 Å². The Bertz CT molecular complexity index is 904. The van der Waals surface area contributed by atoms with Crippen molar-refractivity contribution in [2.45, 2.75) is 6.61 Å². The van der Waals surface area contributed by atoms with E-state index in [1.54, 1.807) is 30.6 Å².